The van der Waals surface area contributed by atoms with Gasteiger partial charge in [0.1, 0.15) is 0 Å². The quantitative estimate of drug-likeness (QED) is 0.889. The lowest BCUT2D eigenvalue weighted by Gasteiger charge is -2.34. The highest BCUT2D eigenvalue weighted by atomic mass is 16.5. The van der Waals surface area contributed by atoms with E-state index in [0.29, 0.717) is 24.1 Å². The van der Waals surface area contributed by atoms with Gasteiger partial charge in [0.2, 0.25) is 0 Å². The Hall–Kier alpha value is -2.04. The van der Waals surface area contributed by atoms with Gasteiger partial charge in [0.25, 0.3) is 0 Å². The molecule has 0 aromatic heterocycles. The minimum atomic E-state index is -0.907. The van der Waals surface area contributed by atoms with Crippen molar-refractivity contribution >= 4 is 17.7 Å². The molecule has 0 aliphatic heterocycles. The zero-order chi connectivity index (χ0) is 14.6. The van der Waals surface area contributed by atoms with Gasteiger partial charge in [0.05, 0.1) is 12.5 Å². The minimum Gasteiger partial charge on any atom is -0.481 e. The van der Waals surface area contributed by atoms with E-state index >= 15 is 0 Å². The maximum absolute atomic E-state index is 11.8. The molecule has 20 heavy (non-hydrogen) atoms. The zero-order valence-electron chi connectivity index (χ0n) is 11.5. The summed E-state index contributed by atoms with van der Waals surface area (Å²) in [6, 6.07) is 7.07. The molecule has 2 rings (SSSR count). The Bertz CT molecular complexity index is 506. The van der Waals surface area contributed by atoms with Crippen LogP contribution in [0.2, 0.25) is 0 Å². The van der Waals surface area contributed by atoms with Crippen molar-refractivity contribution in [2.45, 2.75) is 37.5 Å². The van der Waals surface area contributed by atoms with Gasteiger partial charge in [-0.2, -0.15) is 0 Å². The first kappa shape index (κ1) is 14.4. The molecule has 0 atom stereocenters. The van der Waals surface area contributed by atoms with E-state index in [1.54, 1.807) is 24.3 Å². The third kappa shape index (κ3) is 2.61. The van der Waals surface area contributed by atoms with Crippen LogP contribution >= 0.6 is 0 Å². The first-order chi connectivity index (χ1) is 9.60. The highest BCUT2D eigenvalue weighted by Crippen LogP contribution is 2.42. The molecule has 108 valence electrons. The van der Waals surface area contributed by atoms with E-state index in [-0.39, 0.29) is 0 Å². The van der Waals surface area contributed by atoms with Crippen LogP contribution in [0.5, 0.6) is 0 Å². The number of hydrogen-bond donors (Lipinski definition) is 2. The van der Waals surface area contributed by atoms with Crippen LogP contribution in [-0.2, 0) is 14.9 Å². The van der Waals surface area contributed by atoms with Crippen LogP contribution in [0.25, 0.3) is 0 Å². The van der Waals surface area contributed by atoms with E-state index in [1.165, 1.54) is 7.11 Å². The number of hydrogen-bond acceptors (Lipinski definition) is 3. The monoisotopic (exact) mass is 277 g/mol. The van der Waals surface area contributed by atoms with E-state index in [0.717, 1.165) is 19.3 Å². The summed E-state index contributed by atoms with van der Waals surface area (Å²) >= 11 is 0. The lowest BCUT2D eigenvalue weighted by molar-refractivity contribution is -0.145. The molecule has 2 N–H and O–H groups in total. The molecule has 1 aliphatic carbocycles. The number of para-hydroxylation sites is 1. The van der Waals surface area contributed by atoms with Gasteiger partial charge >= 0.3 is 12.1 Å². The average Bonchev–Trinajstić information content (AvgIpc) is 2.48. The number of methoxy groups -OCH3 is 1. The van der Waals surface area contributed by atoms with Gasteiger partial charge < -0.3 is 9.84 Å². The van der Waals surface area contributed by atoms with Crippen LogP contribution in [0.3, 0.4) is 0 Å². The lowest BCUT2D eigenvalue weighted by atomic mass is 9.69. The predicted molar refractivity (Wildman–Crippen MR) is 74.9 cm³/mol. The van der Waals surface area contributed by atoms with Gasteiger partial charge in [-0.05, 0) is 24.5 Å². The highest BCUT2D eigenvalue weighted by molar-refractivity contribution is 5.90. The van der Waals surface area contributed by atoms with Gasteiger partial charge in [-0.1, -0.05) is 37.5 Å². The number of nitrogens with one attached hydrogen (secondary N) is 1. The third-order valence-electron chi connectivity index (χ3n) is 3.98. The molecule has 1 fully saturated rings. The number of benzene rings is 1. The Morgan fingerprint density at radius 1 is 1.20 bits per heavy atom. The minimum absolute atomic E-state index is 0.517. The molecular formula is C15H19NO4. The molecule has 5 nitrogen and oxygen atoms in total. The molecule has 1 aromatic rings. The van der Waals surface area contributed by atoms with E-state index in [9.17, 15) is 14.7 Å². The van der Waals surface area contributed by atoms with E-state index < -0.39 is 17.5 Å². The summed E-state index contributed by atoms with van der Waals surface area (Å²) in [7, 11) is 1.28. The molecule has 5 heteroatoms. The maximum atomic E-state index is 11.8. The molecule has 0 radical (unpaired) electrons. The van der Waals surface area contributed by atoms with Gasteiger partial charge in [-0.25, -0.2) is 4.79 Å². The molecule has 1 aliphatic rings. The van der Waals surface area contributed by atoms with Crippen LogP contribution < -0.4 is 5.32 Å². The van der Waals surface area contributed by atoms with Crippen LogP contribution in [-0.4, -0.2) is 24.3 Å². The summed E-state index contributed by atoms with van der Waals surface area (Å²) in [5.74, 6) is -0.823. The lowest BCUT2D eigenvalue weighted by Crippen LogP contribution is -2.38. The fourth-order valence-corrected chi connectivity index (χ4v) is 2.92. The molecule has 0 bridgehead atoms. The summed E-state index contributed by atoms with van der Waals surface area (Å²) in [6.45, 7) is 0. The van der Waals surface area contributed by atoms with Gasteiger partial charge in [0, 0.05) is 5.69 Å². The van der Waals surface area contributed by atoms with Crippen molar-refractivity contribution in [3.8, 4) is 0 Å². The second kappa shape index (κ2) is 5.94. The second-order valence-electron chi connectivity index (χ2n) is 5.11. The fourth-order valence-electron chi connectivity index (χ4n) is 2.92. The van der Waals surface area contributed by atoms with Gasteiger partial charge in [0.15, 0.2) is 0 Å². The summed E-state index contributed by atoms with van der Waals surface area (Å²) in [5.41, 5.74) is 0.275. The van der Waals surface area contributed by atoms with Crippen LogP contribution in [0, 0.1) is 0 Å². The maximum Gasteiger partial charge on any atom is 0.411 e. The standard InChI is InChI=1S/C15H19NO4/c1-20-14(19)16-12-8-4-3-7-11(12)15(13(17)18)9-5-2-6-10-15/h3-4,7-8H,2,5-6,9-10H2,1H3,(H,16,19)(H,17,18). The van der Waals surface area contributed by atoms with Gasteiger partial charge in [-0.3, -0.25) is 10.1 Å². The van der Waals surface area contributed by atoms with Crippen molar-refractivity contribution < 1.29 is 19.4 Å². The number of anilines is 1. The van der Waals surface area contributed by atoms with Crippen molar-refractivity contribution in [1.29, 1.82) is 0 Å². The van der Waals surface area contributed by atoms with Crippen LogP contribution in [0.15, 0.2) is 24.3 Å². The van der Waals surface area contributed by atoms with Crippen molar-refractivity contribution in [3.63, 3.8) is 0 Å². The van der Waals surface area contributed by atoms with Crippen LogP contribution in [0.1, 0.15) is 37.7 Å². The Labute approximate surface area is 117 Å². The largest absolute Gasteiger partial charge is 0.481 e. The van der Waals surface area contributed by atoms with Gasteiger partial charge in [-0.15, -0.1) is 0 Å². The molecule has 0 heterocycles. The first-order valence-electron chi connectivity index (χ1n) is 6.78. The smallest absolute Gasteiger partial charge is 0.411 e. The average molecular weight is 277 g/mol. The van der Waals surface area contributed by atoms with E-state index in [2.05, 4.69) is 10.1 Å². The number of aliphatic carboxylic acids is 1. The molecule has 0 saturated heterocycles. The molecule has 0 spiro atoms. The zero-order valence-corrected chi connectivity index (χ0v) is 11.5. The summed E-state index contributed by atoms with van der Waals surface area (Å²) in [5, 5.41) is 12.3. The number of amides is 1. The topological polar surface area (TPSA) is 75.6 Å². The number of carbonyl (C=O) groups excluding carboxylic acids is 1. The third-order valence-corrected chi connectivity index (χ3v) is 3.98. The number of carboxylic acid groups (broad SMARTS) is 1. The molecular weight excluding hydrogens is 258 g/mol. The number of carboxylic acids is 1. The van der Waals surface area contributed by atoms with Crippen molar-refractivity contribution in [1.82, 2.24) is 0 Å². The summed E-state index contributed by atoms with van der Waals surface area (Å²) in [6.07, 6.45) is 3.44. The Morgan fingerprint density at radius 2 is 1.85 bits per heavy atom. The first-order valence-corrected chi connectivity index (χ1v) is 6.78. The number of rotatable bonds is 3. The fraction of sp³-hybridized carbons (Fsp3) is 0.467. The summed E-state index contributed by atoms with van der Waals surface area (Å²) < 4.78 is 4.59. The van der Waals surface area contributed by atoms with Crippen LogP contribution in [0.4, 0.5) is 10.5 Å². The summed E-state index contributed by atoms with van der Waals surface area (Å²) in [4.78, 5) is 23.3. The second-order valence-corrected chi connectivity index (χ2v) is 5.11. The normalized spacial score (nSPS) is 17.2. The Kier molecular flexibility index (Phi) is 4.27. The molecule has 0 unspecified atom stereocenters. The van der Waals surface area contributed by atoms with Crippen molar-refractivity contribution in [2.24, 2.45) is 0 Å². The highest BCUT2D eigenvalue weighted by Gasteiger charge is 2.42. The van der Waals surface area contributed by atoms with Crippen molar-refractivity contribution in [2.75, 3.05) is 12.4 Å². The van der Waals surface area contributed by atoms with Crippen molar-refractivity contribution in [3.05, 3.63) is 29.8 Å². The number of carbonyl (C=O) groups is 2. The van der Waals surface area contributed by atoms with E-state index in [1.807, 2.05) is 0 Å². The molecule has 1 saturated carbocycles. The SMILES string of the molecule is COC(=O)Nc1ccccc1C1(C(=O)O)CCCCC1. The Morgan fingerprint density at radius 3 is 2.45 bits per heavy atom. The number of ether oxygens (including phenoxy) is 1. The van der Waals surface area contributed by atoms with E-state index in [4.69, 9.17) is 0 Å². The Balaban J connectivity index is 2.43. The molecule has 1 aromatic carbocycles. The predicted octanol–water partition coefficient (Wildman–Crippen LogP) is 3.15. The molecule has 1 amide bonds.